The van der Waals surface area contributed by atoms with Crippen molar-refractivity contribution in [3.05, 3.63) is 95.0 Å². The van der Waals surface area contributed by atoms with Gasteiger partial charge in [0.2, 0.25) is 0 Å². The lowest BCUT2D eigenvalue weighted by Crippen LogP contribution is -2.27. The van der Waals surface area contributed by atoms with E-state index in [1.54, 1.807) is 48.5 Å². The molecule has 0 atom stereocenters. The van der Waals surface area contributed by atoms with Gasteiger partial charge in [-0.25, -0.2) is 8.42 Å². The molecule has 28 heavy (non-hydrogen) atoms. The van der Waals surface area contributed by atoms with E-state index in [-0.39, 0.29) is 17.3 Å². The molecule has 3 aromatic rings. The fourth-order valence-corrected chi connectivity index (χ4v) is 4.06. The maximum Gasteiger partial charge on any atom is 0.264 e. The van der Waals surface area contributed by atoms with Gasteiger partial charge in [0.1, 0.15) is 0 Å². The number of anilines is 1. The molecule has 0 saturated carbocycles. The Bertz CT molecular complexity index is 1090. The highest BCUT2D eigenvalue weighted by Gasteiger charge is 2.21. The van der Waals surface area contributed by atoms with Crippen molar-refractivity contribution in [2.45, 2.75) is 11.4 Å². The third-order valence-electron chi connectivity index (χ3n) is 4.27. The average molecular weight is 415 g/mol. The van der Waals surface area contributed by atoms with Crippen LogP contribution < -0.4 is 9.62 Å². The Hall–Kier alpha value is -2.83. The van der Waals surface area contributed by atoms with Crippen molar-refractivity contribution in [3.63, 3.8) is 0 Å². The highest BCUT2D eigenvalue weighted by atomic mass is 35.5. The zero-order valence-corrected chi connectivity index (χ0v) is 16.7. The number of rotatable bonds is 6. The zero-order chi connectivity index (χ0) is 20.1. The molecule has 0 fully saturated rings. The van der Waals surface area contributed by atoms with E-state index in [2.05, 4.69) is 5.32 Å². The van der Waals surface area contributed by atoms with E-state index in [0.29, 0.717) is 16.3 Å². The summed E-state index contributed by atoms with van der Waals surface area (Å²) in [5.41, 5.74) is 1.56. The predicted molar refractivity (Wildman–Crippen MR) is 111 cm³/mol. The van der Waals surface area contributed by atoms with Gasteiger partial charge in [-0.15, -0.1) is 0 Å². The molecule has 1 N–H and O–H groups in total. The van der Waals surface area contributed by atoms with Crippen LogP contribution in [0.25, 0.3) is 0 Å². The molecule has 3 rings (SSSR count). The SMILES string of the molecule is CN(c1cccc(C(=O)NCc2ccccc2Cl)c1)S(=O)(=O)c1ccccc1. The summed E-state index contributed by atoms with van der Waals surface area (Å²) in [4.78, 5) is 12.7. The predicted octanol–water partition coefficient (Wildman–Crippen LogP) is 4.10. The van der Waals surface area contributed by atoms with Gasteiger partial charge >= 0.3 is 0 Å². The maximum atomic E-state index is 12.8. The molecule has 1 amide bonds. The van der Waals surface area contributed by atoms with Crippen LogP contribution in [-0.4, -0.2) is 21.4 Å². The summed E-state index contributed by atoms with van der Waals surface area (Å²) in [6.07, 6.45) is 0. The van der Waals surface area contributed by atoms with E-state index in [0.717, 1.165) is 9.87 Å². The van der Waals surface area contributed by atoms with Crippen LogP contribution in [0.4, 0.5) is 5.69 Å². The number of nitrogens with one attached hydrogen (secondary N) is 1. The Morgan fingerprint density at radius 2 is 1.64 bits per heavy atom. The quantitative estimate of drug-likeness (QED) is 0.660. The average Bonchev–Trinajstić information content (AvgIpc) is 2.73. The summed E-state index contributed by atoms with van der Waals surface area (Å²) >= 11 is 6.10. The van der Waals surface area contributed by atoms with Crippen molar-refractivity contribution in [2.24, 2.45) is 0 Å². The molecule has 0 spiro atoms. The summed E-state index contributed by atoms with van der Waals surface area (Å²) in [7, 11) is -2.25. The first kappa shape index (κ1) is 19.9. The van der Waals surface area contributed by atoms with Crippen LogP contribution >= 0.6 is 11.6 Å². The molecular weight excluding hydrogens is 396 g/mol. The van der Waals surface area contributed by atoms with Gasteiger partial charge in [0.05, 0.1) is 10.6 Å². The summed E-state index contributed by atoms with van der Waals surface area (Å²) in [5.74, 6) is -0.313. The first-order valence-corrected chi connectivity index (χ1v) is 10.4. The molecule has 0 aliphatic carbocycles. The lowest BCUT2D eigenvalue weighted by Gasteiger charge is -2.20. The van der Waals surface area contributed by atoms with Gasteiger partial charge in [0.15, 0.2) is 0 Å². The summed E-state index contributed by atoms with van der Waals surface area (Å²) in [6.45, 7) is 0.279. The van der Waals surface area contributed by atoms with Crippen LogP contribution in [0.2, 0.25) is 5.02 Å². The third kappa shape index (κ3) is 4.35. The van der Waals surface area contributed by atoms with E-state index in [1.807, 2.05) is 18.2 Å². The van der Waals surface area contributed by atoms with E-state index in [1.165, 1.54) is 19.2 Å². The summed E-state index contributed by atoms with van der Waals surface area (Å²) in [6, 6.07) is 21.9. The standard InChI is InChI=1S/C21H19ClN2O3S/c1-24(28(26,27)19-11-3-2-4-12-19)18-10-7-9-16(14-18)21(25)23-15-17-8-5-6-13-20(17)22/h2-14H,15H2,1H3,(H,23,25). The van der Waals surface area contributed by atoms with Crippen LogP contribution in [0.3, 0.4) is 0 Å². The molecule has 144 valence electrons. The second-order valence-electron chi connectivity index (χ2n) is 6.11. The summed E-state index contributed by atoms with van der Waals surface area (Å²) < 4.78 is 26.7. The molecule has 0 aromatic heterocycles. The lowest BCUT2D eigenvalue weighted by molar-refractivity contribution is 0.0951. The van der Waals surface area contributed by atoms with E-state index in [4.69, 9.17) is 11.6 Å². The van der Waals surface area contributed by atoms with Crippen LogP contribution in [-0.2, 0) is 16.6 Å². The molecule has 0 radical (unpaired) electrons. The van der Waals surface area contributed by atoms with Crippen molar-refractivity contribution in [1.82, 2.24) is 5.32 Å². The minimum absolute atomic E-state index is 0.186. The van der Waals surface area contributed by atoms with Crippen LogP contribution in [0, 0.1) is 0 Å². The molecule has 0 unspecified atom stereocenters. The number of halogens is 1. The van der Waals surface area contributed by atoms with Crippen molar-refractivity contribution in [2.75, 3.05) is 11.4 Å². The molecule has 0 aliphatic rings. The van der Waals surface area contributed by atoms with Gasteiger partial charge in [-0.05, 0) is 42.0 Å². The van der Waals surface area contributed by atoms with Gasteiger partial charge in [-0.2, -0.15) is 0 Å². The van der Waals surface area contributed by atoms with E-state index >= 15 is 0 Å². The molecule has 0 heterocycles. The number of carbonyl (C=O) groups is 1. The first-order chi connectivity index (χ1) is 13.4. The fourth-order valence-electron chi connectivity index (χ4n) is 2.65. The van der Waals surface area contributed by atoms with Crippen LogP contribution in [0.5, 0.6) is 0 Å². The highest BCUT2D eigenvalue weighted by Crippen LogP contribution is 2.23. The van der Waals surface area contributed by atoms with Gasteiger partial charge in [0, 0.05) is 24.2 Å². The fraction of sp³-hybridized carbons (Fsp3) is 0.0952. The lowest BCUT2D eigenvalue weighted by atomic mass is 10.1. The van der Waals surface area contributed by atoms with E-state index in [9.17, 15) is 13.2 Å². The Morgan fingerprint density at radius 1 is 0.964 bits per heavy atom. The number of hydrogen-bond donors (Lipinski definition) is 1. The smallest absolute Gasteiger partial charge is 0.264 e. The van der Waals surface area contributed by atoms with Crippen molar-refractivity contribution >= 4 is 33.2 Å². The second-order valence-corrected chi connectivity index (χ2v) is 8.49. The first-order valence-electron chi connectivity index (χ1n) is 8.55. The molecule has 3 aromatic carbocycles. The minimum atomic E-state index is -3.71. The normalized spacial score (nSPS) is 11.1. The number of amides is 1. The molecule has 0 aliphatic heterocycles. The van der Waals surface area contributed by atoms with Crippen molar-refractivity contribution in [3.8, 4) is 0 Å². The van der Waals surface area contributed by atoms with Gasteiger partial charge in [-0.3, -0.25) is 9.10 Å². The second kappa shape index (κ2) is 8.46. The number of nitrogens with zero attached hydrogens (tertiary/aromatic N) is 1. The molecule has 5 nitrogen and oxygen atoms in total. The zero-order valence-electron chi connectivity index (χ0n) is 15.2. The third-order valence-corrected chi connectivity index (χ3v) is 6.44. The van der Waals surface area contributed by atoms with Crippen LogP contribution in [0.1, 0.15) is 15.9 Å². The van der Waals surface area contributed by atoms with Crippen molar-refractivity contribution < 1.29 is 13.2 Å². The van der Waals surface area contributed by atoms with Gasteiger partial charge in [-0.1, -0.05) is 54.1 Å². The Kier molecular flexibility index (Phi) is 6.02. The van der Waals surface area contributed by atoms with Gasteiger partial charge in [0.25, 0.3) is 15.9 Å². The maximum absolute atomic E-state index is 12.8. The van der Waals surface area contributed by atoms with Crippen molar-refractivity contribution in [1.29, 1.82) is 0 Å². The Labute approximate surface area is 169 Å². The molecule has 0 saturated heterocycles. The molecular formula is C21H19ClN2O3S. The number of carbonyl (C=O) groups excluding carboxylic acids is 1. The summed E-state index contributed by atoms with van der Waals surface area (Å²) in [5, 5.41) is 3.38. The Morgan fingerprint density at radius 3 is 2.36 bits per heavy atom. The molecule has 7 heteroatoms. The number of sulfonamides is 1. The van der Waals surface area contributed by atoms with Gasteiger partial charge < -0.3 is 5.32 Å². The minimum Gasteiger partial charge on any atom is -0.348 e. The topological polar surface area (TPSA) is 66.5 Å². The number of hydrogen-bond acceptors (Lipinski definition) is 3. The molecule has 0 bridgehead atoms. The largest absolute Gasteiger partial charge is 0.348 e. The Balaban J connectivity index is 1.78. The van der Waals surface area contributed by atoms with E-state index < -0.39 is 10.0 Å². The number of benzene rings is 3. The van der Waals surface area contributed by atoms with Crippen LogP contribution in [0.15, 0.2) is 83.8 Å². The monoisotopic (exact) mass is 414 g/mol. The highest BCUT2D eigenvalue weighted by molar-refractivity contribution is 7.92.